The molecule has 0 heterocycles. The number of rotatable bonds is 7. The Kier molecular flexibility index (Phi) is 8.22. The fourth-order valence-corrected chi connectivity index (χ4v) is 4.93. The van der Waals surface area contributed by atoms with E-state index in [1.54, 1.807) is 0 Å². The Hall–Kier alpha value is -3.62. The first-order valence-electron chi connectivity index (χ1n) is 12.3. The number of hydrogen-bond acceptors (Lipinski definition) is 2. The maximum Gasteiger partial charge on any atom is 0.240 e. The van der Waals surface area contributed by atoms with Gasteiger partial charge in [0.15, 0.2) is 0 Å². The van der Waals surface area contributed by atoms with E-state index in [9.17, 15) is 9.59 Å². The Morgan fingerprint density at radius 3 is 1.53 bits per heavy atom. The molecule has 3 aromatic rings. The minimum atomic E-state index is -1.87. The first kappa shape index (κ1) is 27.0. The highest BCUT2D eigenvalue weighted by atomic mass is 28.3. The van der Waals surface area contributed by atoms with E-state index in [-0.39, 0.29) is 17.4 Å². The molecule has 0 unspecified atom stereocenters. The summed E-state index contributed by atoms with van der Waals surface area (Å²) in [6.07, 6.45) is 0.169. The maximum absolute atomic E-state index is 14.3. The van der Waals surface area contributed by atoms with Gasteiger partial charge < -0.3 is 11.1 Å². The average molecular weight is 497 g/mol. The molecular formula is C31H36N2O2Si. The third-order valence-electron chi connectivity index (χ3n) is 7.19. The van der Waals surface area contributed by atoms with Gasteiger partial charge in [-0.15, -0.1) is 11.5 Å². The number of primary amides is 1. The van der Waals surface area contributed by atoms with Crippen molar-refractivity contribution in [1.29, 1.82) is 0 Å². The smallest absolute Gasteiger partial charge is 0.240 e. The van der Waals surface area contributed by atoms with Gasteiger partial charge in [-0.05, 0) is 21.7 Å². The van der Waals surface area contributed by atoms with Crippen molar-refractivity contribution in [3.05, 3.63) is 108 Å². The SMILES string of the molecule is CC(C)(C)[Si](C)(C)C#CC[C@H](NC(=O)C(c1ccccc1)(c1ccccc1)c1ccccc1)C(N)=O. The number of carbonyl (C=O) groups is 2. The summed E-state index contributed by atoms with van der Waals surface area (Å²) in [5.41, 5.74) is 10.4. The molecule has 0 radical (unpaired) electrons. The molecule has 0 saturated heterocycles. The summed E-state index contributed by atoms with van der Waals surface area (Å²) >= 11 is 0. The fraction of sp³-hybridized carbons (Fsp3) is 0.290. The zero-order valence-corrected chi connectivity index (χ0v) is 22.8. The molecular weight excluding hydrogens is 460 g/mol. The van der Waals surface area contributed by atoms with Gasteiger partial charge in [0.2, 0.25) is 11.8 Å². The summed E-state index contributed by atoms with van der Waals surface area (Å²) in [4.78, 5) is 26.8. The molecule has 0 bridgehead atoms. The molecule has 0 aliphatic heterocycles. The Labute approximate surface area is 216 Å². The third-order valence-corrected chi connectivity index (χ3v) is 11.7. The van der Waals surface area contributed by atoms with Gasteiger partial charge in [-0.2, -0.15) is 0 Å². The van der Waals surface area contributed by atoms with Crippen LogP contribution in [0.2, 0.25) is 18.1 Å². The van der Waals surface area contributed by atoms with Crippen molar-refractivity contribution in [2.75, 3.05) is 0 Å². The van der Waals surface area contributed by atoms with Crippen molar-refractivity contribution in [3.8, 4) is 11.5 Å². The second-order valence-electron chi connectivity index (χ2n) is 10.7. The van der Waals surface area contributed by atoms with Gasteiger partial charge in [0, 0.05) is 6.42 Å². The lowest BCUT2D eigenvalue weighted by Gasteiger charge is -2.35. The van der Waals surface area contributed by atoms with Gasteiger partial charge in [0.1, 0.15) is 19.5 Å². The lowest BCUT2D eigenvalue weighted by atomic mass is 9.68. The first-order chi connectivity index (χ1) is 17.0. The second kappa shape index (κ2) is 11.0. The highest BCUT2D eigenvalue weighted by Crippen LogP contribution is 2.40. The first-order valence-corrected chi connectivity index (χ1v) is 15.3. The number of nitrogens with two attached hydrogens (primary N) is 1. The molecule has 0 aliphatic carbocycles. The van der Waals surface area contributed by atoms with Gasteiger partial charge in [-0.3, -0.25) is 9.59 Å². The topological polar surface area (TPSA) is 72.2 Å². The molecule has 3 aromatic carbocycles. The zero-order valence-electron chi connectivity index (χ0n) is 21.8. The van der Waals surface area contributed by atoms with E-state index in [2.05, 4.69) is 50.6 Å². The van der Waals surface area contributed by atoms with Crippen LogP contribution in [0.15, 0.2) is 91.0 Å². The largest absolute Gasteiger partial charge is 0.368 e. The van der Waals surface area contributed by atoms with Crippen LogP contribution in [0.5, 0.6) is 0 Å². The second-order valence-corrected chi connectivity index (χ2v) is 15.7. The van der Waals surface area contributed by atoms with Crippen molar-refractivity contribution < 1.29 is 9.59 Å². The third kappa shape index (κ3) is 5.61. The Bertz CT molecular complexity index is 1140. The molecule has 3 rings (SSSR count). The molecule has 36 heavy (non-hydrogen) atoms. The van der Waals surface area contributed by atoms with Crippen molar-refractivity contribution in [2.24, 2.45) is 5.73 Å². The van der Waals surface area contributed by atoms with E-state index < -0.39 is 25.4 Å². The Morgan fingerprint density at radius 2 is 1.19 bits per heavy atom. The van der Waals surface area contributed by atoms with E-state index in [1.165, 1.54) is 0 Å². The molecule has 0 aromatic heterocycles. The molecule has 0 aliphatic rings. The molecule has 186 valence electrons. The summed E-state index contributed by atoms with van der Waals surface area (Å²) in [5, 5.41) is 3.07. The molecule has 2 amide bonds. The molecule has 5 heteroatoms. The Balaban J connectivity index is 2.10. The van der Waals surface area contributed by atoms with Crippen LogP contribution in [0.1, 0.15) is 43.9 Å². The average Bonchev–Trinajstić information content (AvgIpc) is 2.85. The summed E-state index contributed by atoms with van der Waals surface area (Å²) < 4.78 is 0. The van der Waals surface area contributed by atoms with Gasteiger partial charge in [-0.1, -0.05) is 125 Å². The normalized spacial score (nSPS) is 12.7. The Morgan fingerprint density at radius 1 is 0.806 bits per heavy atom. The van der Waals surface area contributed by atoms with Gasteiger partial charge >= 0.3 is 0 Å². The van der Waals surface area contributed by atoms with Gasteiger partial charge in [-0.25, -0.2) is 0 Å². The minimum Gasteiger partial charge on any atom is -0.368 e. The predicted molar refractivity (Wildman–Crippen MR) is 150 cm³/mol. The van der Waals surface area contributed by atoms with Crippen molar-refractivity contribution in [2.45, 2.75) is 56.8 Å². The minimum absolute atomic E-state index is 0.0918. The van der Waals surface area contributed by atoms with E-state index >= 15 is 0 Å². The van der Waals surface area contributed by atoms with Crippen LogP contribution in [0.3, 0.4) is 0 Å². The number of amides is 2. The number of carbonyl (C=O) groups excluding carboxylic acids is 2. The zero-order chi connectivity index (χ0) is 26.4. The molecule has 0 saturated carbocycles. The van der Waals surface area contributed by atoms with Crippen molar-refractivity contribution >= 4 is 19.9 Å². The van der Waals surface area contributed by atoms with Crippen LogP contribution >= 0.6 is 0 Å². The molecule has 0 fully saturated rings. The van der Waals surface area contributed by atoms with E-state index in [0.717, 1.165) is 16.7 Å². The standard InChI is InChI=1S/C31H36N2O2Si/c1-30(2,3)36(4,5)23-15-22-27(28(32)34)33-29(35)31(24-16-9-6-10-17-24,25-18-11-7-12-19-25)26-20-13-8-14-21-26/h6-14,16-21,27H,22H2,1-5H3,(H2,32,34)(H,33,35)/t27-/m0/s1. The van der Waals surface area contributed by atoms with E-state index in [0.29, 0.717) is 0 Å². The predicted octanol–water partition coefficient (Wildman–Crippen LogP) is 5.43. The van der Waals surface area contributed by atoms with Crippen LogP contribution in [0.25, 0.3) is 0 Å². The molecule has 1 atom stereocenters. The monoisotopic (exact) mass is 496 g/mol. The van der Waals surface area contributed by atoms with Crippen molar-refractivity contribution in [1.82, 2.24) is 5.32 Å². The summed E-state index contributed by atoms with van der Waals surface area (Å²) in [6, 6.07) is 28.0. The van der Waals surface area contributed by atoms with Gasteiger partial charge in [0.05, 0.1) is 0 Å². The quantitative estimate of drug-likeness (QED) is 0.260. The maximum atomic E-state index is 14.3. The number of hydrogen-bond donors (Lipinski definition) is 2. The van der Waals surface area contributed by atoms with Crippen LogP contribution < -0.4 is 11.1 Å². The van der Waals surface area contributed by atoms with E-state index in [4.69, 9.17) is 5.73 Å². The summed E-state index contributed by atoms with van der Waals surface area (Å²) in [7, 11) is -1.87. The molecule has 4 nitrogen and oxygen atoms in total. The molecule has 3 N–H and O–H groups in total. The highest BCUT2D eigenvalue weighted by Gasteiger charge is 2.44. The van der Waals surface area contributed by atoms with E-state index in [1.807, 2.05) is 91.0 Å². The van der Waals surface area contributed by atoms with Crippen molar-refractivity contribution in [3.63, 3.8) is 0 Å². The highest BCUT2D eigenvalue weighted by molar-refractivity contribution is 6.87. The lowest BCUT2D eigenvalue weighted by Crippen LogP contribution is -2.53. The van der Waals surface area contributed by atoms with Gasteiger partial charge in [0.25, 0.3) is 0 Å². The van der Waals surface area contributed by atoms with Crippen LogP contribution in [0.4, 0.5) is 0 Å². The summed E-state index contributed by atoms with van der Waals surface area (Å²) in [5.74, 6) is 2.27. The van der Waals surface area contributed by atoms with Crippen LogP contribution in [-0.2, 0) is 15.0 Å². The lowest BCUT2D eigenvalue weighted by molar-refractivity contribution is -0.129. The number of benzene rings is 3. The molecule has 0 spiro atoms. The van der Waals surface area contributed by atoms with Crippen LogP contribution in [-0.4, -0.2) is 25.9 Å². The van der Waals surface area contributed by atoms with Crippen LogP contribution in [0, 0.1) is 11.5 Å². The number of nitrogens with one attached hydrogen (secondary N) is 1. The summed E-state index contributed by atoms with van der Waals surface area (Å²) in [6.45, 7) is 11.0. The fourth-order valence-electron chi connectivity index (χ4n) is 4.01.